The summed E-state index contributed by atoms with van der Waals surface area (Å²) < 4.78 is 0. The second-order valence-corrected chi connectivity index (χ2v) is 20.1. The van der Waals surface area contributed by atoms with Gasteiger partial charge in [-0.05, 0) is 113 Å². The van der Waals surface area contributed by atoms with E-state index in [-0.39, 0.29) is 65.4 Å². The molecule has 0 spiro atoms. The third-order valence-electron chi connectivity index (χ3n) is 12.8. The van der Waals surface area contributed by atoms with Gasteiger partial charge < -0.3 is 0 Å². The van der Waals surface area contributed by atoms with Crippen LogP contribution in [0.4, 0.5) is 0 Å². The minimum Gasteiger partial charge on any atom is -0.226 e. The number of aryl methyl sites for hydroxylation is 14. The molecule has 0 bridgehead atoms. The fraction of sp³-hybridized carbons (Fsp3) is 0.340. The van der Waals surface area contributed by atoms with Gasteiger partial charge in [0.2, 0.25) is 0 Å². The maximum absolute atomic E-state index is 3.24. The Morgan fingerprint density at radius 1 is 0.188 bits per heavy atom. The number of hydrogen-bond donors (Lipinski definition) is 0. The van der Waals surface area contributed by atoms with Crippen LogP contribution in [0, 0.1) is 121 Å². The van der Waals surface area contributed by atoms with Gasteiger partial charge in [0.25, 0.3) is 0 Å². The van der Waals surface area contributed by atoms with Crippen LogP contribution in [-0.2, 0) is 65.4 Å². The fourth-order valence-corrected chi connectivity index (χ4v) is 8.00. The van der Waals surface area contributed by atoms with Crippen molar-refractivity contribution in [2.45, 2.75) is 222 Å². The van der Waals surface area contributed by atoms with Crippen molar-refractivity contribution in [3.8, 4) is 22.3 Å². The zero-order valence-electron chi connectivity index (χ0n) is 66.9. The zero-order valence-corrected chi connectivity index (χ0v) is 72.6. The largest absolute Gasteiger partial charge is 0.226 e. The van der Waals surface area contributed by atoms with Crippen molar-refractivity contribution in [2.24, 2.45) is 0 Å². The van der Waals surface area contributed by atoms with Gasteiger partial charge in [0.05, 0.1) is 0 Å². The van der Waals surface area contributed by atoms with Crippen LogP contribution in [0.3, 0.4) is 0 Å². The molecule has 0 saturated heterocycles. The Morgan fingerprint density at radius 2 is 0.458 bits per heavy atom. The maximum Gasteiger partial charge on any atom is 0 e. The summed E-state index contributed by atoms with van der Waals surface area (Å²) in [6.45, 7) is 65.5. The Bertz CT molecular complexity index is 3260. The van der Waals surface area contributed by atoms with Gasteiger partial charge in [-0.3, -0.25) is 0 Å². The minimum absolute atomic E-state index is 0. The second kappa shape index (κ2) is 69.1. The van der Waals surface area contributed by atoms with Crippen LogP contribution >= 0.6 is 0 Å². The maximum atomic E-state index is 3.24. The molecule has 2 heteroatoms. The molecule has 0 aliphatic rings. The fourth-order valence-electron chi connectivity index (χ4n) is 8.00. The van der Waals surface area contributed by atoms with E-state index in [0.717, 1.165) is 22.3 Å². The van der Waals surface area contributed by atoms with Crippen molar-refractivity contribution < 1.29 is 65.4 Å². The molecule has 0 fully saturated rings. The van der Waals surface area contributed by atoms with Gasteiger partial charge in [-0.25, -0.2) is 22.3 Å². The van der Waals surface area contributed by atoms with Gasteiger partial charge >= 0.3 is 0 Å². The molecule has 0 amide bonds. The summed E-state index contributed by atoms with van der Waals surface area (Å²) in [7, 11) is 0. The molecule has 11 aromatic carbocycles. The van der Waals surface area contributed by atoms with E-state index in [4.69, 9.17) is 0 Å². The first-order chi connectivity index (χ1) is 45.4. The minimum atomic E-state index is 0. The zero-order chi connectivity index (χ0) is 73.0. The molecule has 518 valence electrons. The molecule has 0 heterocycles. The number of rotatable bonds is 2. The van der Waals surface area contributed by atoms with Crippen molar-refractivity contribution in [2.75, 3.05) is 0 Å². The van der Waals surface area contributed by atoms with Crippen LogP contribution in [0.25, 0.3) is 43.8 Å². The molecule has 0 nitrogen and oxygen atoms in total. The molecule has 0 atom stereocenters. The summed E-state index contributed by atoms with van der Waals surface area (Å²) in [6.07, 6.45) is 0. The standard InChI is InChI=1S/2C14H12.2C12H12.3C8H10.9C2H6.2Y/c1-11-3-7-13(8-4-11)14-9-5-12(2)6-10-14;1-11-5-3-7-13(9-11)14-8-4-6-12(2)10-14;1-9-3-5-12-8-10(2)4-6-11(12)7-9;1-9-7-8-10(2)12-6-4-3-5-11(9)12;1-7-3-5-8(2)6-4-7;1-7-4-3-5-8(2)6-7;1-7-5-3-4-6-8(7)2;9*1-2;;/h3-7,9H,1-2H3;3-6,9-10H,1-2H3;2*3-8H,1-2H3;3*3-6H,1-2H3;9*1-2H3;;/q2*-2;;;;;;;;;;;;;;;;. The van der Waals surface area contributed by atoms with E-state index >= 15 is 0 Å². The predicted molar refractivity (Wildman–Crippen MR) is 435 cm³/mol. The van der Waals surface area contributed by atoms with Gasteiger partial charge in [0.15, 0.2) is 0 Å². The molecule has 2 radical (unpaired) electrons. The Balaban J connectivity index is -0.000000186. The topological polar surface area (TPSA) is 0 Å². The molecule has 0 saturated carbocycles. The summed E-state index contributed by atoms with van der Waals surface area (Å²) in [5, 5.41) is 5.41. The predicted octanol–water partition coefficient (Wildman–Crippen LogP) is 30.2. The van der Waals surface area contributed by atoms with E-state index in [1.54, 1.807) is 0 Å². The summed E-state index contributed by atoms with van der Waals surface area (Å²) in [5.74, 6) is 0. The molecule has 0 aromatic heterocycles. The van der Waals surface area contributed by atoms with Crippen LogP contribution < -0.4 is 0 Å². The van der Waals surface area contributed by atoms with Gasteiger partial charge in [-0.1, -0.05) is 331 Å². The van der Waals surface area contributed by atoms with Gasteiger partial charge in [0.1, 0.15) is 0 Å². The molecule has 11 aromatic rings. The SMILES string of the molecule is CC.CC.CC.CC.CC.CC.CC.CC.CC.Cc1c[c-]c(-c2[c-]cc(C)cc2)cc1.Cc1cc[c-]c(-c2[c-]ccc(C)c2)c1.Cc1ccc(C)c2ccccc12.Cc1ccc(C)cc1.Cc1ccc2cc(C)ccc2c1.Cc1cccc(C)c1.Cc1ccccc1C.[Y].[Y]. The number of fused-ring (bicyclic) bond motifs is 2. The Hall–Kier alpha value is -5.85. The van der Waals surface area contributed by atoms with E-state index in [0.29, 0.717) is 0 Å². The number of hydrogen-bond acceptors (Lipinski definition) is 0. The van der Waals surface area contributed by atoms with Gasteiger partial charge in [-0.2, -0.15) is 84.9 Å². The monoisotopic (exact) mass is 1440 g/mol. The van der Waals surface area contributed by atoms with Crippen molar-refractivity contribution in [3.63, 3.8) is 0 Å². The van der Waals surface area contributed by atoms with E-state index < -0.39 is 0 Å². The summed E-state index contributed by atoms with van der Waals surface area (Å²) in [6, 6.07) is 88.9. The molecule has 0 aliphatic carbocycles. The second-order valence-electron chi connectivity index (χ2n) is 20.1. The normalized spacial score (nSPS) is 8.46. The van der Waals surface area contributed by atoms with Crippen molar-refractivity contribution in [3.05, 3.63) is 321 Å². The molecule has 0 aliphatic heterocycles. The molecule has 96 heavy (non-hydrogen) atoms. The van der Waals surface area contributed by atoms with Crippen molar-refractivity contribution in [1.82, 2.24) is 0 Å². The molecular weight excluding hydrogens is 1310 g/mol. The first kappa shape index (κ1) is 104. The van der Waals surface area contributed by atoms with Crippen LogP contribution in [0.1, 0.15) is 203 Å². The smallest absolute Gasteiger partial charge is 0 e. The molecule has 0 N–H and O–H groups in total. The Labute approximate surface area is 645 Å². The van der Waals surface area contributed by atoms with Crippen LogP contribution in [0.2, 0.25) is 0 Å². The van der Waals surface area contributed by atoms with Crippen LogP contribution in [0.5, 0.6) is 0 Å². The van der Waals surface area contributed by atoms with E-state index in [1.165, 1.54) is 99.4 Å². The molecule has 11 rings (SSSR count). The van der Waals surface area contributed by atoms with E-state index in [9.17, 15) is 0 Å². The van der Waals surface area contributed by atoms with Gasteiger partial charge in [-0.15, -0.1) is 34.4 Å². The third kappa shape index (κ3) is 47.2. The van der Waals surface area contributed by atoms with E-state index in [2.05, 4.69) is 315 Å². The van der Waals surface area contributed by atoms with Crippen molar-refractivity contribution >= 4 is 21.5 Å². The quantitative estimate of drug-likeness (QED) is 0.151. The van der Waals surface area contributed by atoms with Crippen LogP contribution in [0.15, 0.2) is 218 Å². The Morgan fingerprint density at radius 3 is 0.719 bits per heavy atom. The third-order valence-corrected chi connectivity index (χ3v) is 12.8. The molecule has 0 unspecified atom stereocenters. The number of benzene rings is 11. The van der Waals surface area contributed by atoms with Gasteiger partial charge in [0, 0.05) is 65.4 Å². The average Bonchev–Trinajstić information content (AvgIpc) is 0.985. The van der Waals surface area contributed by atoms with Crippen molar-refractivity contribution in [1.29, 1.82) is 0 Å². The summed E-state index contributed by atoms with van der Waals surface area (Å²) in [4.78, 5) is 0. The first-order valence-corrected chi connectivity index (χ1v) is 35.4. The molecular formula is C94H132Y2-4. The first-order valence-electron chi connectivity index (χ1n) is 35.4. The summed E-state index contributed by atoms with van der Waals surface area (Å²) >= 11 is 0. The van der Waals surface area contributed by atoms with Crippen LogP contribution in [-0.4, -0.2) is 0 Å². The summed E-state index contributed by atoms with van der Waals surface area (Å²) in [5.41, 5.74) is 22.9. The van der Waals surface area contributed by atoms with E-state index in [1.807, 2.05) is 149 Å². The Kier molecular flexibility index (Phi) is 74.6. The average molecular weight is 1440 g/mol.